The molecule has 236 valence electrons. The zero-order valence-electron chi connectivity index (χ0n) is 25.8. The molecule has 2 aliphatic heterocycles. The van der Waals surface area contributed by atoms with Gasteiger partial charge in [-0.25, -0.2) is 9.97 Å². The number of piperidine rings is 1. The van der Waals surface area contributed by atoms with Crippen molar-refractivity contribution in [3.05, 3.63) is 54.1 Å². The molecule has 4 heterocycles. The molecule has 1 aromatic carbocycles. The van der Waals surface area contributed by atoms with Crippen molar-refractivity contribution >= 4 is 17.5 Å². The standard InChI is InChI=1S/C35H43N7O3/c36-32-30(14-29(39-40-32)27-3-1-2-4-31(27)43)42-19-21-13-28-24(20-42)16-35(28,15-21)34-37-17-25(18-38-34)22-9-11-41(12-10-22)26-7-5-23(6-8-26)33(44)45/h1-4,14,17-18,21-24,26,28,43H,5-13,15-16,19-20H2,(H2,36,40)(H,44,45)/t21?,23-,24?,26+,28?,35?. The number of aromatic nitrogens is 4. The highest BCUT2D eigenvalue weighted by Crippen LogP contribution is 2.64. The highest BCUT2D eigenvalue weighted by atomic mass is 16.4. The van der Waals surface area contributed by atoms with Crippen molar-refractivity contribution < 1.29 is 15.0 Å². The van der Waals surface area contributed by atoms with Gasteiger partial charge >= 0.3 is 5.97 Å². The summed E-state index contributed by atoms with van der Waals surface area (Å²) in [6, 6.07) is 9.74. The Morgan fingerprint density at radius 3 is 2.44 bits per heavy atom. The lowest BCUT2D eigenvalue weighted by Gasteiger charge is -2.52. The van der Waals surface area contributed by atoms with Crippen LogP contribution >= 0.6 is 0 Å². The zero-order chi connectivity index (χ0) is 30.7. The molecule has 3 aliphatic carbocycles. The lowest BCUT2D eigenvalue weighted by atomic mass is 9.54. The maximum absolute atomic E-state index is 11.3. The minimum atomic E-state index is -0.626. The average molecular weight is 610 g/mol. The number of phenolic OH excluding ortho intramolecular Hbond substituents is 1. The molecule has 5 aliphatic rings. The van der Waals surface area contributed by atoms with Crippen LogP contribution in [0.4, 0.5) is 11.5 Å². The van der Waals surface area contributed by atoms with Crippen LogP contribution in [0.15, 0.2) is 42.7 Å². The fourth-order valence-corrected chi connectivity index (χ4v) is 9.77. The van der Waals surface area contributed by atoms with E-state index >= 15 is 0 Å². The number of carbonyl (C=O) groups is 1. The summed E-state index contributed by atoms with van der Waals surface area (Å²) in [5, 5.41) is 28.3. The molecule has 2 saturated heterocycles. The molecular formula is C35H43N7O3. The summed E-state index contributed by atoms with van der Waals surface area (Å²) in [4.78, 5) is 26.5. The Morgan fingerprint density at radius 2 is 1.71 bits per heavy atom. The summed E-state index contributed by atoms with van der Waals surface area (Å²) < 4.78 is 0. The number of anilines is 2. The van der Waals surface area contributed by atoms with Gasteiger partial charge in [0.25, 0.3) is 0 Å². The molecule has 45 heavy (non-hydrogen) atoms. The van der Waals surface area contributed by atoms with Crippen LogP contribution in [0.2, 0.25) is 0 Å². The largest absolute Gasteiger partial charge is 0.507 e. The fourth-order valence-electron chi connectivity index (χ4n) is 9.77. The SMILES string of the molecule is Nc1nnc(-c2ccccc2O)cc1N1CC2CC3C(C1)CC3(c1ncc(C3CCN([C@H]4CC[C@@H](C(=O)O)CC4)CC3)cn1)C2. The molecule has 5 fully saturated rings. The van der Waals surface area contributed by atoms with Crippen LogP contribution in [0.25, 0.3) is 11.3 Å². The summed E-state index contributed by atoms with van der Waals surface area (Å²) in [5.74, 6) is 3.10. The molecular weight excluding hydrogens is 566 g/mol. The van der Waals surface area contributed by atoms with Crippen molar-refractivity contribution in [1.82, 2.24) is 25.1 Å². The number of hydrogen-bond donors (Lipinski definition) is 3. The third kappa shape index (κ3) is 5.01. The highest BCUT2D eigenvalue weighted by Gasteiger charge is 2.63. The van der Waals surface area contributed by atoms with Gasteiger partial charge < -0.3 is 25.7 Å². The molecule has 10 heteroatoms. The molecule has 4 unspecified atom stereocenters. The maximum Gasteiger partial charge on any atom is 0.306 e. The number of hydrogen-bond acceptors (Lipinski definition) is 9. The molecule has 3 aromatic rings. The van der Waals surface area contributed by atoms with E-state index in [4.69, 9.17) is 15.7 Å². The number of phenols is 1. The van der Waals surface area contributed by atoms with E-state index in [1.165, 1.54) is 12.0 Å². The second kappa shape index (κ2) is 11.2. The molecule has 2 bridgehead atoms. The van der Waals surface area contributed by atoms with Crippen LogP contribution in [0.1, 0.15) is 75.1 Å². The van der Waals surface area contributed by atoms with Gasteiger partial charge in [-0.3, -0.25) is 4.79 Å². The number of rotatable bonds is 6. The zero-order valence-corrected chi connectivity index (χ0v) is 25.8. The summed E-state index contributed by atoms with van der Waals surface area (Å²) >= 11 is 0. The Hall–Kier alpha value is -3.79. The number of nitrogens with zero attached hydrogens (tertiary/aromatic N) is 6. The number of benzene rings is 1. The van der Waals surface area contributed by atoms with Gasteiger partial charge in [-0.1, -0.05) is 12.1 Å². The maximum atomic E-state index is 11.3. The number of carboxylic acids is 1. The summed E-state index contributed by atoms with van der Waals surface area (Å²) in [6.45, 7) is 4.02. The third-order valence-corrected chi connectivity index (χ3v) is 12.1. The summed E-state index contributed by atoms with van der Waals surface area (Å²) in [6.07, 6.45) is 13.5. The number of carboxylic acid groups (broad SMARTS) is 1. The van der Waals surface area contributed by atoms with E-state index in [0.717, 1.165) is 89.1 Å². The molecule has 0 radical (unpaired) electrons. The Labute approximate surface area is 264 Å². The summed E-state index contributed by atoms with van der Waals surface area (Å²) in [7, 11) is 0. The Bertz CT molecular complexity index is 1560. The van der Waals surface area contributed by atoms with Crippen molar-refractivity contribution in [2.24, 2.45) is 23.7 Å². The molecule has 4 atom stereocenters. The van der Waals surface area contributed by atoms with Crippen molar-refractivity contribution in [2.75, 3.05) is 36.8 Å². The van der Waals surface area contributed by atoms with Crippen molar-refractivity contribution in [3.63, 3.8) is 0 Å². The first-order valence-corrected chi connectivity index (χ1v) is 16.8. The molecule has 2 aromatic heterocycles. The van der Waals surface area contributed by atoms with E-state index < -0.39 is 5.97 Å². The van der Waals surface area contributed by atoms with Crippen LogP contribution in [0, 0.1) is 23.7 Å². The van der Waals surface area contributed by atoms with Crippen molar-refractivity contribution in [1.29, 1.82) is 0 Å². The molecule has 0 spiro atoms. The smallest absolute Gasteiger partial charge is 0.306 e. The van der Waals surface area contributed by atoms with Crippen LogP contribution in [0.3, 0.4) is 0 Å². The average Bonchev–Trinajstić information content (AvgIpc) is 3.25. The normalized spacial score (nSPS) is 31.7. The first kappa shape index (κ1) is 28.7. The first-order chi connectivity index (χ1) is 21.9. The van der Waals surface area contributed by atoms with Gasteiger partial charge in [0.05, 0.1) is 17.3 Å². The van der Waals surface area contributed by atoms with Crippen LogP contribution in [-0.2, 0) is 10.2 Å². The number of nitrogens with two attached hydrogens (primary N) is 1. The van der Waals surface area contributed by atoms with Crippen molar-refractivity contribution in [3.8, 4) is 17.0 Å². The molecule has 10 nitrogen and oxygen atoms in total. The first-order valence-electron chi connectivity index (χ1n) is 16.8. The molecule has 0 amide bonds. The molecule has 8 rings (SSSR count). The van der Waals surface area contributed by atoms with Gasteiger partial charge in [-0.15, -0.1) is 10.2 Å². The Kier molecular flexibility index (Phi) is 7.15. The van der Waals surface area contributed by atoms with Gasteiger partial charge in [0.1, 0.15) is 11.6 Å². The van der Waals surface area contributed by atoms with Gasteiger partial charge in [-0.2, -0.15) is 0 Å². The Balaban J connectivity index is 0.910. The second-order valence-corrected chi connectivity index (χ2v) is 14.4. The Morgan fingerprint density at radius 1 is 0.956 bits per heavy atom. The van der Waals surface area contributed by atoms with Gasteiger partial charge in [0.15, 0.2) is 5.82 Å². The quantitative estimate of drug-likeness (QED) is 0.355. The molecule has 4 N–H and O–H groups in total. The lowest BCUT2D eigenvalue weighted by Crippen LogP contribution is -2.54. The monoisotopic (exact) mass is 609 g/mol. The van der Waals surface area contributed by atoms with E-state index in [9.17, 15) is 15.0 Å². The number of nitrogen functional groups attached to an aromatic ring is 1. The number of fused-ring (bicyclic) bond motifs is 1. The second-order valence-electron chi connectivity index (χ2n) is 14.4. The number of likely N-dealkylation sites (tertiary alicyclic amines) is 1. The predicted octanol–water partition coefficient (Wildman–Crippen LogP) is 4.85. The lowest BCUT2D eigenvalue weighted by molar-refractivity contribution is -0.143. The minimum Gasteiger partial charge on any atom is -0.507 e. The van der Waals surface area contributed by atoms with E-state index in [2.05, 4.69) is 32.4 Å². The van der Waals surface area contributed by atoms with Gasteiger partial charge in [-0.05, 0) is 118 Å². The highest BCUT2D eigenvalue weighted by molar-refractivity contribution is 5.74. The minimum absolute atomic E-state index is 0.0984. The third-order valence-electron chi connectivity index (χ3n) is 12.1. The topological polar surface area (TPSA) is 142 Å². The number of aliphatic carboxylic acids is 1. The van der Waals surface area contributed by atoms with E-state index in [1.54, 1.807) is 12.1 Å². The van der Waals surface area contributed by atoms with Crippen molar-refractivity contribution in [2.45, 2.75) is 75.2 Å². The number of aromatic hydroxyl groups is 1. The van der Waals surface area contributed by atoms with E-state index in [1.807, 2.05) is 18.2 Å². The van der Waals surface area contributed by atoms with E-state index in [0.29, 0.717) is 46.8 Å². The predicted molar refractivity (Wildman–Crippen MR) is 171 cm³/mol. The van der Waals surface area contributed by atoms with E-state index in [-0.39, 0.29) is 17.1 Å². The summed E-state index contributed by atoms with van der Waals surface area (Å²) in [5.41, 5.74) is 9.95. The fraction of sp³-hybridized carbons (Fsp3) is 0.571. The van der Waals surface area contributed by atoms with Gasteiger partial charge in [0, 0.05) is 42.5 Å². The van der Waals surface area contributed by atoms with Crippen LogP contribution < -0.4 is 10.6 Å². The van der Waals surface area contributed by atoms with Gasteiger partial charge in [0.2, 0.25) is 0 Å². The van der Waals surface area contributed by atoms with Crippen LogP contribution in [-0.4, -0.2) is 73.5 Å². The number of para-hydroxylation sites is 1. The molecule has 3 saturated carbocycles. The van der Waals surface area contributed by atoms with Crippen LogP contribution in [0.5, 0.6) is 5.75 Å².